The van der Waals surface area contributed by atoms with Crippen LogP contribution in [0, 0.1) is 0 Å². The smallest absolute Gasteiger partial charge is 0.193 e. The van der Waals surface area contributed by atoms with Crippen molar-refractivity contribution in [1.82, 2.24) is 0 Å². The molecule has 4 aromatic rings. The molecule has 0 spiro atoms. The van der Waals surface area contributed by atoms with Gasteiger partial charge in [-0.3, -0.25) is 4.79 Å². The van der Waals surface area contributed by atoms with E-state index in [0.29, 0.717) is 28.3 Å². The van der Waals surface area contributed by atoms with Crippen LogP contribution in [0.1, 0.15) is 5.56 Å². The van der Waals surface area contributed by atoms with Gasteiger partial charge in [-0.1, -0.05) is 54.1 Å². The third-order valence-corrected chi connectivity index (χ3v) is 4.45. The SMILES string of the molecule is O=c1cc(-c2ccccc2)oc2ccc(NCc3ccc(Cl)cc3)cc12. The van der Waals surface area contributed by atoms with E-state index in [2.05, 4.69) is 5.32 Å². The van der Waals surface area contributed by atoms with Gasteiger partial charge in [-0.05, 0) is 35.9 Å². The lowest BCUT2D eigenvalue weighted by atomic mass is 10.1. The molecule has 0 fully saturated rings. The molecule has 0 radical (unpaired) electrons. The molecule has 1 aromatic heterocycles. The fraction of sp³-hybridized carbons (Fsp3) is 0.0455. The van der Waals surface area contributed by atoms with E-state index in [0.717, 1.165) is 16.8 Å². The first-order chi connectivity index (χ1) is 12.7. The van der Waals surface area contributed by atoms with Crippen molar-refractivity contribution < 1.29 is 4.42 Å². The molecule has 128 valence electrons. The van der Waals surface area contributed by atoms with Crippen LogP contribution >= 0.6 is 11.6 Å². The molecule has 26 heavy (non-hydrogen) atoms. The summed E-state index contributed by atoms with van der Waals surface area (Å²) >= 11 is 5.90. The Morgan fingerprint density at radius 1 is 0.885 bits per heavy atom. The van der Waals surface area contributed by atoms with E-state index in [1.165, 1.54) is 0 Å². The van der Waals surface area contributed by atoms with Gasteiger partial charge < -0.3 is 9.73 Å². The normalized spacial score (nSPS) is 10.8. The van der Waals surface area contributed by atoms with E-state index in [1.54, 1.807) is 6.07 Å². The fourth-order valence-corrected chi connectivity index (χ4v) is 2.94. The summed E-state index contributed by atoms with van der Waals surface area (Å²) in [5.74, 6) is 0.574. The number of benzene rings is 3. The summed E-state index contributed by atoms with van der Waals surface area (Å²) in [6.45, 7) is 0.649. The second-order valence-electron chi connectivity index (χ2n) is 6.03. The molecule has 1 N–H and O–H groups in total. The number of hydrogen-bond acceptors (Lipinski definition) is 3. The van der Waals surface area contributed by atoms with Gasteiger partial charge in [-0.25, -0.2) is 0 Å². The topological polar surface area (TPSA) is 42.2 Å². The molecule has 0 aliphatic heterocycles. The zero-order chi connectivity index (χ0) is 17.9. The average Bonchev–Trinajstić information content (AvgIpc) is 2.68. The van der Waals surface area contributed by atoms with Crippen molar-refractivity contribution in [2.45, 2.75) is 6.54 Å². The van der Waals surface area contributed by atoms with Crippen molar-refractivity contribution in [2.75, 3.05) is 5.32 Å². The monoisotopic (exact) mass is 361 g/mol. The van der Waals surface area contributed by atoms with Gasteiger partial charge in [0.25, 0.3) is 0 Å². The quantitative estimate of drug-likeness (QED) is 0.505. The summed E-state index contributed by atoms with van der Waals surface area (Å²) in [6, 6.07) is 24.4. The zero-order valence-corrected chi connectivity index (χ0v) is 14.7. The van der Waals surface area contributed by atoms with E-state index >= 15 is 0 Å². The number of anilines is 1. The van der Waals surface area contributed by atoms with Crippen molar-refractivity contribution in [3.63, 3.8) is 0 Å². The summed E-state index contributed by atoms with van der Waals surface area (Å²) in [4.78, 5) is 12.5. The maximum Gasteiger partial charge on any atom is 0.193 e. The first-order valence-electron chi connectivity index (χ1n) is 8.31. The van der Waals surface area contributed by atoms with Crippen LogP contribution in [0.3, 0.4) is 0 Å². The van der Waals surface area contributed by atoms with E-state index < -0.39 is 0 Å². The molecule has 3 aromatic carbocycles. The zero-order valence-electron chi connectivity index (χ0n) is 13.9. The van der Waals surface area contributed by atoms with Crippen molar-refractivity contribution in [2.24, 2.45) is 0 Å². The Bertz CT molecular complexity index is 1100. The predicted molar refractivity (Wildman–Crippen MR) is 107 cm³/mol. The Kier molecular flexibility index (Phi) is 4.46. The molecular formula is C22H16ClNO2. The Balaban J connectivity index is 1.62. The van der Waals surface area contributed by atoms with Crippen molar-refractivity contribution in [3.8, 4) is 11.3 Å². The van der Waals surface area contributed by atoms with E-state index in [4.69, 9.17) is 16.0 Å². The fourth-order valence-electron chi connectivity index (χ4n) is 2.82. The molecule has 4 rings (SSSR count). The van der Waals surface area contributed by atoms with Crippen LogP contribution in [-0.4, -0.2) is 0 Å². The number of halogens is 1. The highest BCUT2D eigenvalue weighted by Crippen LogP contribution is 2.24. The molecular weight excluding hydrogens is 346 g/mol. The Morgan fingerprint density at radius 2 is 1.65 bits per heavy atom. The predicted octanol–water partition coefficient (Wildman–Crippen LogP) is 5.73. The Morgan fingerprint density at radius 3 is 2.42 bits per heavy atom. The van der Waals surface area contributed by atoms with Crippen LogP contribution in [0.15, 0.2) is 88.1 Å². The van der Waals surface area contributed by atoms with Crippen molar-refractivity contribution in [1.29, 1.82) is 0 Å². The van der Waals surface area contributed by atoms with Gasteiger partial charge in [0, 0.05) is 28.9 Å². The molecule has 0 amide bonds. The molecule has 0 unspecified atom stereocenters. The molecule has 1 heterocycles. The van der Waals surface area contributed by atoms with Gasteiger partial charge in [-0.15, -0.1) is 0 Å². The molecule has 0 atom stereocenters. The van der Waals surface area contributed by atoms with Gasteiger partial charge in [0.1, 0.15) is 11.3 Å². The maximum atomic E-state index is 12.5. The highest BCUT2D eigenvalue weighted by atomic mass is 35.5. The van der Waals surface area contributed by atoms with E-state index in [1.807, 2.05) is 72.8 Å². The Labute approximate surface area is 155 Å². The molecule has 0 bridgehead atoms. The number of rotatable bonds is 4. The minimum atomic E-state index is -0.0553. The van der Waals surface area contributed by atoms with Gasteiger partial charge in [0.05, 0.1) is 5.39 Å². The van der Waals surface area contributed by atoms with Gasteiger partial charge in [0.2, 0.25) is 0 Å². The van der Waals surface area contributed by atoms with E-state index in [-0.39, 0.29) is 5.43 Å². The van der Waals surface area contributed by atoms with Crippen molar-refractivity contribution >= 4 is 28.3 Å². The second kappa shape index (κ2) is 7.06. The molecule has 0 saturated heterocycles. The maximum absolute atomic E-state index is 12.5. The van der Waals surface area contributed by atoms with E-state index in [9.17, 15) is 4.79 Å². The molecule has 0 aliphatic rings. The van der Waals surface area contributed by atoms with Gasteiger partial charge in [-0.2, -0.15) is 0 Å². The molecule has 4 heteroatoms. The number of nitrogens with one attached hydrogen (secondary N) is 1. The van der Waals surface area contributed by atoms with Crippen LogP contribution < -0.4 is 10.7 Å². The highest BCUT2D eigenvalue weighted by Gasteiger charge is 2.07. The third kappa shape index (κ3) is 3.48. The van der Waals surface area contributed by atoms with Crippen LogP contribution in [0.2, 0.25) is 5.02 Å². The summed E-state index contributed by atoms with van der Waals surface area (Å²) < 4.78 is 5.92. The lowest BCUT2D eigenvalue weighted by Crippen LogP contribution is -2.03. The largest absolute Gasteiger partial charge is 0.456 e. The molecule has 3 nitrogen and oxygen atoms in total. The summed E-state index contributed by atoms with van der Waals surface area (Å²) in [5.41, 5.74) is 3.39. The number of fused-ring (bicyclic) bond motifs is 1. The molecule has 0 saturated carbocycles. The third-order valence-electron chi connectivity index (χ3n) is 4.20. The van der Waals surface area contributed by atoms with Crippen LogP contribution in [-0.2, 0) is 6.54 Å². The van der Waals surface area contributed by atoms with Crippen molar-refractivity contribution in [3.05, 3.63) is 99.7 Å². The standard InChI is InChI=1S/C22H16ClNO2/c23-17-8-6-15(7-9-17)14-24-18-10-11-21-19(12-18)20(25)13-22(26-21)16-4-2-1-3-5-16/h1-13,24H,14H2. The van der Waals surface area contributed by atoms with Gasteiger partial charge in [0.15, 0.2) is 5.43 Å². The Hall–Kier alpha value is -3.04. The lowest BCUT2D eigenvalue weighted by molar-refractivity contribution is 0.619. The lowest BCUT2D eigenvalue weighted by Gasteiger charge is -2.08. The average molecular weight is 362 g/mol. The summed E-state index contributed by atoms with van der Waals surface area (Å²) in [5, 5.41) is 4.60. The first-order valence-corrected chi connectivity index (χ1v) is 8.68. The van der Waals surface area contributed by atoms with Crippen LogP contribution in [0.25, 0.3) is 22.3 Å². The summed E-state index contributed by atoms with van der Waals surface area (Å²) in [7, 11) is 0. The number of hydrogen-bond donors (Lipinski definition) is 1. The first kappa shape index (κ1) is 16.4. The highest BCUT2D eigenvalue weighted by molar-refractivity contribution is 6.30. The molecule has 0 aliphatic carbocycles. The van der Waals surface area contributed by atoms with Crippen LogP contribution in [0.5, 0.6) is 0 Å². The minimum Gasteiger partial charge on any atom is -0.456 e. The van der Waals surface area contributed by atoms with Gasteiger partial charge >= 0.3 is 0 Å². The van der Waals surface area contributed by atoms with Crippen LogP contribution in [0.4, 0.5) is 5.69 Å². The second-order valence-corrected chi connectivity index (χ2v) is 6.47. The minimum absolute atomic E-state index is 0.0553. The summed E-state index contributed by atoms with van der Waals surface area (Å²) in [6.07, 6.45) is 0.